The Kier molecular flexibility index (Phi) is 12.2. The number of rotatable bonds is 17. The normalized spacial score (nSPS) is 12.8. The van der Waals surface area contributed by atoms with Crippen LogP contribution in [0.2, 0.25) is 5.02 Å². The van der Waals surface area contributed by atoms with Crippen molar-refractivity contribution in [3.8, 4) is 0 Å². The number of hydrogen-bond acceptors (Lipinski definition) is 4. The van der Waals surface area contributed by atoms with E-state index in [9.17, 15) is 14.4 Å². The van der Waals surface area contributed by atoms with Crippen LogP contribution >= 0.6 is 11.6 Å². The van der Waals surface area contributed by atoms with Crippen molar-refractivity contribution in [2.45, 2.75) is 96.8 Å². The molecule has 1 aliphatic heterocycles. The van der Waals surface area contributed by atoms with Gasteiger partial charge in [-0.3, -0.25) is 9.59 Å². The number of benzene rings is 2. The number of carbonyl (C=O) groups excluding carboxylic acids is 3. The van der Waals surface area contributed by atoms with Crippen molar-refractivity contribution in [1.29, 1.82) is 0 Å². The van der Waals surface area contributed by atoms with E-state index in [0.717, 1.165) is 24.2 Å². The summed E-state index contributed by atoms with van der Waals surface area (Å²) in [5.41, 5.74) is 1.11. The third-order valence-electron chi connectivity index (χ3n) is 6.95. The van der Waals surface area contributed by atoms with Gasteiger partial charge in [-0.25, -0.2) is 9.69 Å². The van der Waals surface area contributed by atoms with Gasteiger partial charge >= 0.3 is 5.97 Å². The van der Waals surface area contributed by atoms with E-state index in [4.69, 9.17) is 16.3 Å². The first kappa shape index (κ1) is 28.9. The molecule has 2 aromatic rings. The number of ether oxygens (including phenoxy) is 1. The molecule has 3 rings (SSSR count). The second-order valence-electron chi connectivity index (χ2n) is 9.89. The van der Waals surface area contributed by atoms with E-state index in [1.54, 1.807) is 30.3 Å². The summed E-state index contributed by atoms with van der Waals surface area (Å²) in [6.07, 6.45) is 17.8. The highest BCUT2D eigenvalue weighted by Gasteiger charge is 2.37. The highest BCUT2D eigenvalue weighted by molar-refractivity contribution is 6.40. The molecule has 5 nitrogen and oxygen atoms in total. The van der Waals surface area contributed by atoms with Gasteiger partial charge in [-0.15, -0.1) is 0 Å². The topological polar surface area (TPSA) is 63.7 Å². The molecule has 0 saturated carbocycles. The van der Waals surface area contributed by atoms with Crippen molar-refractivity contribution in [2.75, 3.05) is 11.5 Å². The summed E-state index contributed by atoms with van der Waals surface area (Å²) in [7, 11) is 0. The zero-order valence-electron chi connectivity index (χ0n) is 22.1. The van der Waals surface area contributed by atoms with Crippen molar-refractivity contribution in [3.63, 3.8) is 0 Å². The zero-order valence-corrected chi connectivity index (χ0v) is 22.9. The predicted octanol–water partition coefficient (Wildman–Crippen LogP) is 8.78. The Morgan fingerprint density at radius 3 is 1.73 bits per heavy atom. The molecular weight excluding hydrogens is 486 g/mol. The number of unbranched alkanes of at least 4 members (excludes halogenated alkanes) is 13. The monoisotopic (exact) mass is 525 g/mol. The number of hydrogen-bond donors (Lipinski definition) is 0. The summed E-state index contributed by atoms with van der Waals surface area (Å²) < 4.78 is 5.44. The molecule has 1 aliphatic rings. The lowest BCUT2D eigenvalue weighted by Crippen LogP contribution is -2.29. The fraction of sp³-hybridized carbons (Fsp3) is 0.516. The van der Waals surface area contributed by atoms with Crippen LogP contribution in [0.5, 0.6) is 0 Å². The Morgan fingerprint density at radius 2 is 1.22 bits per heavy atom. The number of fused-ring (bicyclic) bond motifs is 1. The standard InChI is InChI=1S/C31H40ClNO4/c1-2-3-4-5-6-7-8-9-10-11-12-13-14-17-22-37-31(36)24-20-21-27(32)28(23-24)33-29(34)25-18-15-16-19-26(25)30(33)35/h15-16,18-21,23H,2-14,17,22H2,1H3. The maximum atomic E-state index is 12.8. The summed E-state index contributed by atoms with van der Waals surface area (Å²) in [5, 5.41) is 0.220. The summed E-state index contributed by atoms with van der Waals surface area (Å²) in [5.74, 6) is -1.38. The molecule has 0 aromatic heterocycles. The van der Waals surface area contributed by atoms with Crippen LogP contribution < -0.4 is 4.90 Å². The molecular formula is C31H40ClNO4. The third kappa shape index (κ3) is 8.43. The second kappa shape index (κ2) is 15.6. The van der Waals surface area contributed by atoms with E-state index in [1.807, 2.05) is 0 Å². The van der Waals surface area contributed by atoms with Crippen LogP contribution in [0.25, 0.3) is 0 Å². The number of nitrogens with zero attached hydrogens (tertiary/aromatic N) is 1. The van der Waals surface area contributed by atoms with Gasteiger partial charge in [-0.05, 0) is 36.8 Å². The van der Waals surface area contributed by atoms with Crippen molar-refractivity contribution in [2.24, 2.45) is 0 Å². The SMILES string of the molecule is CCCCCCCCCCCCCCCCOC(=O)c1ccc(Cl)c(N2C(=O)c3ccccc3C2=O)c1. The van der Waals surface area contributed by atoms with Crippen LogP contribution in [0.3, 0.4) is 0 Å². The first-order valence-corrected chi connectivity index (χ1v) is 14.4. The highest BCUT2D eigenvalue weighted by atomic mass is 35.5. The Hall–Kier alpha value is -2.66. The molecule has 2 amide bonds. The van der Waals surface area contributed by atoms with Gasteiger partial charge in [0.15, 0.2) is 0 Å². The molecule has 37 heavy (non-hydrogen) atoms. The van der Waals surface area contributed by atoms with Gasteiger partial charge in [-0.2, -0.15) is 0 Å². The molecule has 0 spiro atoms. The number of anilines is 1. The lowest BCUT2D eigenvalue weighted by atomic mass is 10.0. The molecule has 200 valence electrons. The lowest BCUT2D eigenvalue weighted by Gasteiger charge is -2.16. The minimum Gasteiger partial charge on any atom is -0.462 e. The molecule has 0 atom stereocenters. The van der Waals surface area contributed by atoms with E-state index >= 15 is 0 Å². The first-order valence-electron chi connectivity index (χ1n) is 14.0. The predicted molar refractivity (Wildman–Crippen MR) is 150 cm³/mol. The summed E-state index contributed by atoms with van der Waals surface area (Å²) in [4.78, 5) is 39.2. The molecule has 0 fully saturated rings. The number of imide groups is 1. The maximum Gasteiger partial charge on any atom is 0.338 e. The second-order valence-corrected chi connectivity index (χ2v) is 10.3. The Balaban J connectivity index is 1.32. The van der Waals surface area contributed by atoms with Gasteiger partial charge in [0.25, 0.3) is 11.8 Å². The number of esters is 1. The van der Waals surface area contributed by atoms with Crippen LogP contribution in [0, 0.1) is 0 Å². The van der Waals surface area contributed by atoms with Crippen LogP contribution in [0.4, 0.5) is 5.69 Å². The van der Waals surface area contributed by atoms with Crippen molar-refractivity contribution in [1.82, 2.24) is 0 Å². The summed E-state index contributed by atoms with van der Waals surface area (Å²) in [6, 6.07) is 11.2. The van der Waals surface area contributed by atoms with Gasteiger partial charge in [0, 0.05) is 0 Å². The van der Waals surface area contributed by atoms with Gasteiger partial charge in [0.2, 0.25) is 0 Å². The smallest absolute Gasteiger partial charge is 0.338 e. The lowest BCUT2D eigenvalue weighted by molar-refractivity contribution is 0.0497. The maximum absolute atomic E-state index is 12.8. The molecule has 2 aromatic carbocycles. The Morgan fingerprint density at radius 1 is 0.730 bits per heavy atom. The van der Waals surface area contributed by atoms with E-state index in [1.165, 1.54) is 82.8 Å². The molecule has 0 radical (unpaired) electrons. The molecule has 1 heterocycles. The van der Waals surface area contributed by atoms with Gasteiger partial charge < -0.3 is 4.74 Å². The van der Waals surface area contributed by atoms with Crippen LogP contribution in [0.15, 0.2) is 42.5 Å². The quantitative estimate of drug-likeness (QED) is 0.117. The summed E-state index contributed by atoms with van der Waals surface area (Å²) >= 11 is 6.30. The largest absolute Gasteiger partial charge is 0.462 e. The van der Waals surface area contributed by atoms with Crippen LogP contribution in [-0.4, -0.2) is 24.4 Å². The fourth-order valence-corrected chi connectivity index (χ4v) is 4.97. The van der Waals surface area contributed by atoms with E-state index in [2.05, 4.69) is 6.92 Å². The average molecular weight is 526 g/mol. The average Bonchev–Trinajstić information content (AvgIpc) is 3.16. The van der Waals surface area contributed by atoms with Crippen molar-refractivity contribution >= 4 is 35.1 Å². The van der Waals surface area contributed by atoms with Gasteiger partial charge in [0.05, 0.1) is 34.0 Å². The Labute approximate surface area is 226 Å². The molecule has 0 bridgehead atoms. The van der Waals surface area contributed by atoms with E-state index in [-0.39, 0.29) is 16.3 Å². The van der Waals surface area contributed by atoms with Crippen molar-refractivity contribution < 1.29 is 19.1 Å². The number of amides is 2. The van der Waals surface area contributed by atoms with Crippen LogP contribution in [0.1, 0.15) is 128 Å². The van der Waals surface area contributed by atoms with Crippen molar-refractivity contribution in [3.05, 3.63) is 64.2 Å². The molecule has 6 heteroatoms. The van der Waals surface area contributed by atoms with Gasteiger partial charge in [0.1, 0.15) is 0 Å². The number of carbonyl (C=O) groups is 3. The van der Waals surface area contributed by atoms with Crippen LogP contribution in [-0.2, 0) is 4.74 Å². The Bertz CT molecular complexity index is 1020. The summed E-state index contributed by atoms with van der Waals surface area (Å²) in [6.45, 7) is 2.61. The minimum atomic E-state index is -0.482. The molecule has 0 N–H and O–H groups in total. The first-order chi connectivity index (χ1) is 18.0. The zero-order chi connectivity index (χ0) is 26.5. The molecule has 0 unspecified atom stereocenters. The highest BCUT2D eigenvalue weighted by Crippen LogP contribution is 2.34. The van der Waals surface area contributed by atoms with Gasteiger partial charge in [-0.1, -0.05) is 114 Å². The van der Waals surface area contributed by atoms with E-state index < -0.39 is 17.8 Å². The molecule has 0 aliphatic carbocycles. The van der Waals surface area contributed by atoms with E-state index in [0.29, 0.717) is 17.7 Å². The molecule has 0 saturated heterocycles. The number of halogens is 1. The fourth-order valence-electron chi connectivity index (χ4n) is 4.76. The minimum absolute atomic E-state index is 0.193. The third-order valence-corrected chi connectivity index (χ3v) is 7.27.